The highest BCUT2D eigenvalue weighted by Gasteiger charge is 2.22. The van der Waals surface area contributed by atoms with Gasteiger partial charge in [-0.3, -0.25) is 9.69 Å². The van der Waals surface area contributed by atoms with Gasteiger partial charge in [0.1, 0.15) is 0 Å². The summed E-state index contributed by atoms with van der Waals surface area (Å²) in [6, 6.07) is 12.2. The molecule has 2 aromatic rings. The number of morpholine rings is 1. The van der Waals surface area contributed by atoms with Gasteiger partial charge >= 0.3 is 0 Å². The first kappa shape index (κ1) is 18.1. The zero-order valence-electron chi connectivity index (χ0n) is 15.1. The van der Waals surface area contributed by atoms with Crippen LogP contribution >= 0.6 is 11.3 Å². The first-order valence-electron chi connectivity index (χ1n) is 8.80. The first-order valence-corrected chi connectivity index (χ1v) is 9.62. The molecule has 0 aliphatic carbocycles. The van der Waals surface area contributed by atoms with Crippen molar-refractivity contribution in [2.24, 2.45) is 0 Å². The smallest absolute Gasteiger partial charge is 0.261 e. The lowest BCUT2D eigenvalue weighted by atomic mass is 10.1. The minimum absolute atomic E-state index is 0.00141. The van der Waals surface area contributed by atoms with Crippen LogP contribution in [0.4, 0.5) is 0 Å². The zero-order chi connectivity index (χ0) is 17.8. The molecule has 1 N–H and O–H groups in total. The van der Waals surface area contributed by atoms with Crippen LogP contribution in [0.1, 0.15) is 39.5 Å². The third-order valence-electron chi connectivity index (χ3n) is 4.41. The number of aryl methyl sites for hydroxylation is 1. The standard InChI is InChI=1S/C20H26N2O2S/c1-14-11-22(12-15(2)24-14)13-18-7-5-4-6-17(18)10-21-20(23)19-9-8-16(3)25-19/h4-9,14-15H,10-13H2,1-3H3,(H,21,23)/t14-,15+. The fourth-order valence-electron chi connectivity index (χ4n) is 3.36. The molecule has 3 rings (SSSR count). The highest BCUT2D eigenvalue weighted by molar-refractivity contribution is 7.13. The molecule has 1 aromatic carbocycles. The highest BCUT2D eigenvalue weighted by atomic mass is 32.1. The van der Waals surface area contributed by atoms with E-state index in [2.05, 4.69) is 42.3 Å². The third-order valence-corrected chi connectivity index (χ3v) is 5.41. The Morgan fingerprint density at radius 2 is 1.84 bits per heavy atom. The molecule has 0 radical (unpaired) electrons. The third kappa shape index (κ3) is 4.91. The highest BCUT2D eigenvalue weighted by Crippen LogP contribution is 2.18. The molecule has 0 bridgehead atoms. The molecular formula is C20H26N2O2S. The number of benzene rings is 1. The van der Waals surface area contributed by atoms with E-state index < -0.39 is 0 Å². The number of thiophene rings is 1. The lowest BCUT2D eigenvalue weighted by Crippen LogP contribution is -2.45. The Balaban J connectivity index is 1.63. The number of hydrogen-bond acceptors (Lipinski definition) is 4. The van der Waals surface area contributed by atoms with Crippen molar-refractivity contribution in [3.05, 3.63) is 57.3 Å². The Morgan fingerprint density at radius 3 is 2.48 bits per heavy atom. The predicted molar refractivity (Wildman–Crippen MR) is 102 cm³/mol. The lowest BCUT2D eigenvalue weighted by Gasteiger charge is -2.35. The predicted octanol–water partition coefficient (Wildman–Crippen LogP) is 3.60. The van der Waals surface area contributed by atoms with Gasteiger partial charge in [-0.15, -0.1) is 11.3 Å². The van der Waals surface area contributed by atoms with Gasteiger partial charge in [-0.25, -0.2) is 0 Å². The number of nitrogens with zero attached hydrogens (tertiary/aromatic N) is 1. The molecule has 1 aliphatic heterocycles. The van der Waals surface area contributed by atoms with Gasteiger partial charge in [-0.05, 0) is 44.0 Å². The molecule has 0 saturated carbocycles. The second kappa shape index (κ2) is 8.13. The molecule has 134 valence electrons. The second-order valence-electron chi connectivity index (χ2n) is 6.81. The van der Waals surface area contributed by atoms with Gasteiger partial charge in [0, 0.05) is 31.1 Å². The fraction of sp³-hybridized carbons (Fsp3) is 0.450. The van der Waals surface area contributed by atoms with Crippen molar-refractivity contribution >= 4 is 17.2 Å². The molecule has 25 heavy (non-hydrogen) atoms. The molecule has 1 amide bonds. The molecule has 0 spiro atoms. The summed E-state index contributed by atoms with van der Waals surface area (Å²) < 4.78 is 5.82. The Kier molecular flexibility index (Phi) is 5.89. The van der Waals surface area contributed by atoms with Crippen LogP contribution in [0.2, 0.25) is 0 Å². The van der Waals surface area contributed by atoms with E-state index in [1.807, 2.05) is 25.1 Å². The zero-order valence-corrected chi connectivity index (χ0v) is 15.9. The summed E-state index contributed by atoms with van der Waals surface area (Å²) in [5, 5.41) is 3.05. The van der Waals surface area contributed by atoms with Crippen LogP contribution in [-0.2, 0) is 17.8 Å². The van der Waals surface area contributed by atoms with Crippen molar-refractivity contribution in [2.75, 3.05) is 13.1 Å². The number of nitrogens with one attached hydrogen (secondary N) is 1. The molecule has 4 nitrogen and oxygen atoms in total. The van der Waals surface area contributed by atoms with E-state index >= 15 is 0 Å². The summed E-state index contributed by atoms with van der Waals surface area (Å²) in [7, 11) is 0. The van der Waals surface area contributed by atoms with E-state index in [-0.39, 0.29) is 18.1 Å². The van der Waals surface area contributed by atoms with Gasteiger partial charge in [0.15, 0.2) is 0 Å². The summed E-state index contributed by atoms with van der Waals surface area (Å²) >= 11 is 1.53. The van der Waals surface area contributed by atoms with Crippen molar-refractivity contribution in [3.63, 3.8) is 0 Å². The molecule has 5 heteroatoms. The van der Waals surface area contributed by atoms with Gasteiger partial charge < -0.3 is 10.1 Å². The number of carbonyl (C=O) groups excluding carboxylic acids is 1. The van der Waals surface area contributed by atoms with Gasteiger partial charge in [0.25, 0.3) is 5.91 Å². The summed E-state index contributed by atoms with van der Waals surface area (Å²) in [6.45, 7) is 9.60. The second-order valence-corrected chi connectivity index (χ2v) is 8.10. The Morgan fingerprint density at radius 1 is 1.16 bits per heavy atom. The molecule has 2 atom stereocenters. The van der Waals surface area contributed by atoms with Crippen molar-refractivity contribution in [1.29, 1.82) is 0 Å². The average Bonchev–Trinajstić information content (AvgIpc) is 2.99. The van der Waals surface area contributed by atoms with Crippen LogP contribution in [0.25, 0.3) is 0 Å². The molecule has 1 aromatic heterocycles. The average molecular weight is 359 g/mol. The maximum atomic E-state index is 12.3. The number of rotatable bonds is 5. The van der Waals surface area contributed by atoms with Gasteiger partial charge in [-0.2, -0.15) is 0 Å². The quantitative estimate of drug-likeness (QED) is 0.888. The van der Waals surface area contributed by atoms with E-state index in [0.29, 0.717) is 6.54 Å². The summed E-state index contributed by atoms with van der Waals surface area (Å²) in [5.74, 6) is 0.00141. The van der Waals surface area contributed by atoms with Gasteiger partial charge in [0.2, 0.25) is 0 Å². The number of ether oxygens (including phenoxy) is 1. The first-order chi connectivity index (χ1) is 12.0. The van der Waals surface area contributed by atoms with Crippen LogP contribution in [0.15, 0.2) is 36.4 Å². The van der Waals surface area contributed by atoms with Crippen molar-refractivity contribution in [1.82, 2.24) is 10.2 Å². The van der Waals surface area contributed by atoms with E-state index in [1.54, 1.807) is 0 Å². The SMILES string of the molecule is Cc1ccc(C(=O)NCc2ccccc2CN2C[C@@H](C)O[C@@H](C)C2)s1. The van der Waals surface area contributed by atoms with Crippen molar-refractivity contribution in [3.8, 4) is 0 Å². The minimum Gasteiger partial charge on any atom is -0.373 e. The number of amides is 1. The minimum atomic E-state index is 0.00141. The number of carbonyl (C=O) groups is 1. The van der Waals surface area contributed by atoms with Gasteiger partial charge in [0.05, 0.1) is 17.1 Å². The molecule has 0 unspecified atom stereocenters. The maximum Gasteiger partial charge on any atom is 0.261 e. The Labute approximate surface area is 153 Å². The fourth-order valence-corrected chi connectivity index (χ4v) is 4.14. The van der Waals surface area contributed by atoms with E-state index in [1.165, 1.54) is 22.5 Å². The van der Waals surface area contributed by atoms with Gasteiger partial charge in [-0.1, -0.05) is 24.3 Å². The summed E-state index contributed by atoms with van der Waals surface area (Å²) in [4.78, 5) is 16.6. The maximum absolute atomic E-state index is 12.3. The number of hydrogen-bond donors (Lipinski definition) is 1. The molecule has 2 heterocycles. The van der Waals surface area contributed by atoms with E-state index in [4.69, 9.17) is 4.74 Å². The van der Waals surface area contributed by atoms with Crippen LogP contribution in [-0.4, -0.2) is 36.1 Å². The molecule has 1 aliphatic rings. The van der Waals surface area contributed by atoms with Crippen molar-refractivity contribution < 1.29 is 9.53 Å². The Hall–Kier alpha value is -1.69. The molecule has 1 fully saturated rings. The van der Waals surface area contributed by atoms with E-state index in [0.717, 1.165) is 29.4 Å². The molecular weight excluding hydrogens is 332 g/mol. The largest absolute Gasteiger partial charge is 0.373 e. The Bertz CT molecular complexity index is 718. The topological polar surface area (TPSA) is 41.6 Å². The van der Waals surface area contributed by atoms with E-state index in [9.17, 15) is 4.79 Å². The summed E-state index contributed by atoms with van der Waals surface area (Å²) in [5.41, 5.74) is 2.45. The van der Waals surface area contributed by atoms with Crippen molar-refractivity contribution in [2.45, 2.75) is 46.1 Å². The van der Waals surface area contributed by atoms with Crippen LogP contribution in [0, 0.1) is 6.92 Å². The lowest BCUT2D eigenvalue weighted by molar-refractivity contribution is -0.0705. The summed E-state index contributed by atoms with van der Waals surface area (Å²) in [6.07, 6.45) is 0.523. The van der Waals surface area contributed by atoms with Crippen LogP contribution in [0.5, 0.6) is 0 Å². The van der Waals surface area contributed by atoms with Crippen LogP contribution in [0.3, 0.4) is 0 Å². The van der Waals surface area contributed by atoms with Crippen LogP contribution < -0.4 is 5.32 Å². The normalized spacial score (nSPS) is 21.2. The monoisotopic (exact) mass is 358 g/mol. The molecule has 1 saturated heterocycles.